The summed E-state index contributed by atoms with van der Waals surface area (Å²) in [5, 5.41) is 21.6. The summed E-state index contributed by atoms with van der Waals surface area (Å²) in [7, 11) is 1.38. The number of aromatic amines is 1. The van der Waals surface area contributed by atoms with Gasteiger partial charge in [-0.15, -0.1) is 0 Å². The Morgan fingerprint density at radius 3 is 2.70 bits per heavy atom. The molecule has 0 amide bonds. The summed E-state index contributed by atoms with van der Waals surface area (Å²) < 4.78 is 11.9. The first-order valence-corrected chi connectivity index (χ1v) is 9.05. The van der Waals surface area contributed by atoms with E-state index in [9.17, 15) is 14.9 Å². The highest BCUT2D eigenvalue weighted by atomic mass is 32.1. The topological polar surface area (TPSA) is 125 Å². The van der Waals surface area contributed by atoms with Gasteiger partial charge in [0.15, 0.2) is 5.75 Å². The molecule has 3 rings (SSSR count). The second-order valence-electron chi connectivity index (χ2n) is 6.17. The van der Waals surface area contributed by atoms with Crippen molar-refractivity contribution in [2.24, 2.45) is 5.10 Å². The minimum absolute atomic E-state index is 0.00130. The highest BCUT2D eigenvalue weighted by Crippen LogP contribution is 2.38. The van der Waals surface area contributed by atoms with Gasteiger partial charge in [0.25, 0.3) is 5.56 Å². The molecule has 10 nitrogen and oxygen atoms in total. The number of benzene rings is 2. The lowest BCUT2D eigenvalue weighted by Gasteiger charge is -2.12. The van der Waals surface area contributed by atoms with Crippen LogP contribution in [0.15, 0.2) is 52.5 Å². The van der Waals surface area contributed by atoms with Gasteiger partial charge in [-0.2, -0.15) is 14.9 Å². The number of nitrogens with one attached hydrogen (secondary N) is 1. The molecule has 154 valence electrons. The Labute approximate surface area is 175 Å². The minimum atomic E-state index is -0.574. The van der Waals surface area contributed by atoms with E-state index < -0.39 is 10.5 Å². The maximum absolute atomic E-state index is 11.8. The fraction of sp³-hybridized carbons (Fsp3) is 0.158. The van der Waals surface area contributed by atoms with Crippen LogP contribution in [-0.4, -0.2) is 33.1 Å². The third kappa shape index (κ3) is 4.75. The first-order chi connectivity index (χ1) is 14.4. The van der Waals surface area contributed by atoms with Crippen LogP contribution < -0.4 is 15.0 Å². The molecule has 0 saturated heterocycles. The highest BCUT2D eigenvalue weighted by Gasteiger charge is 2.22. The summed E-state index contributed by atoms with van der Waals surface area (Å²) in [6.07, 6.45) is 2.27. The van der Waals surface area contributed by atoms with E-state index in [4.69, 9.17) is 21.7 Å². The van der Waals surface area contributed by atoms with Crippen molar-refractivity contribution in [2.45, 2.75) is 13.5 Å². The van der Waals surface area contributed by atoms with Crippen molar-refractivity contribution in [1.29, 1.82) is 0 Å². The van der Waals surface area contributed by atoms with Gasteiger partial charge in [-0.3, -0.25) is 20.0 Å². The van der Waals surface area contributed by atoms with Crippen molar-refractivity contribution < 1.29 is 14.4 Å². The molecule has 0 aliphatic heterocycles. The number of rotatable bonds is 7. The monoisotopic (exact) mass is 427 g/mol. The number of hydrogen-bond acceptors (Lipinski definition) is 8. The average Bonchev–Trinajstić information content (AvgIpc) is 2.72. The van der Waals surface area contributed by atoms with Crippen molar-refractivity contribution in [1.82, 2.24) is 14.9 Å². The van der Waals surface area contributed by atoms with Gasteiger partial charge in [-0.25, -0.2) is 0 Å². The maximum atomic E-state index is 11.8. The highest BCUT2D eigenvalue weighted by molar-refractivity contribution is 7.71. The number of aryl methyl sites for hydroxylation is 1. The summed E-state index contributed by atoms with van der Waals surface area (Å²) in [6, 6.07) is 10.4. The van der Waals surface area contributed by atoms with E-state index in [0.717, 1.165) is 22.0 Å². The second kappa shape index (κ2) is 9.09. The van der Waals surface area contributed by atoms with Crippen LogP contribution in [0.4, 0.5) is 5.69 Å². The first kappa shape index (κ1) is 20.9. The lowest BCUT2D eigenvalue weighted by molar-refractivity contribution is -0.386. The molecular weight excluding hydrogens is 410 g/mol. The standard InChI is InChI=1S/C19H17N5O5S/c1-12-3-5-13(6-4-12)11-29-18-15(24(26)27)7-14(8-16(18)28-2)9-21-23-17(25)10-20-22-19(23)30/h3-10H,11H2,1-2H3,(H,22,30)/b21-9-. The number of H-pyrrole nitrogens is 1. The van der Waals surface area contributed by atoms with Gasteiger partial charge >= 0.3 is 5.69 Å². The third-order valence-corrected chi connectivity index (χ3v) is 4.30. The molecule has 0 bridgehead atoms. The van der Waals surface area contributed by atoms with E-state index in [0.29, 0.717) is 5.56 Å². The lowest BCUT2D eigenvalue weighted by atomic mass is 10.1. The van der Waals surface area contributed by atoms with Crippen molar-refractivity contribution in [3.63, 3.8) is 0 Å². The van der Waals surface area contributed by atoms with Gasteiger partial charge in [0.2, 0.25) is 10.5 Å². The quantitative estimate of drug-likeness (QED) is 0.266. The van der Waals surface area contributed by atoms with Gasteiger partial charge in [0, 0.05) is 11.6 Å². The number of hydrogen-bond donors (Lipinski definition) is 1. The second-order valence-corrected chi connectivity index (χ2v) is 6.56. The first-order valence-electron chi connectivity index (χ1n) is 8.65. The Bertz CT molecular complexity index is 1190. The zero-order valence-corrected chi connectivity index (χ0v) is 16.9. The molecule has 3 aromatic rings. The molecule has 0 saturated carbocycles. The molecule has 0 spiro atoms. The third-order valence-electron chi connectivity index (χ3n) is 4.04. The van der Waals surface area contributed by atoms with Crippen molar-refractivity contribution in [2.75, 3.05) is 7.11 Å². The largest absolute Gasteiger partial charge is 0.493 e. The molecule has 0 aliphatic carbocycles. The zero-order valence-electron chi connectivity index (χ0n) is 16.1. The van der Waals surface area contributed by atoms with Gasteiger partial charge < -0.3 is 9.47 Å². The van der Waals surface area contributed by atoms with Crippen molar-refractivity contribution >= 4 is 24.1 Å². The Morgan fingerprint density at radius 1 is 1.33 bits per heavy atom. The van der Waals surface area contributed by atoms with E-state index >= 15 is 0 Å². The van der Waals surface area contributed by atoms with Crippen LogP contribution in [0, 0.1) is 21.8 Å². The normalized spacial score (nSPS) is 10.9. The molecule has 30 heavy (non-hydrogen) atoms. The summed E-state index contributed by atoms with van der Waals surface area (Å²) in [5.74, 6) is 0.156. The predicted octanol–water partition coefficient (Wildman–Crippen LogP) is 2.99. The SMILES string of the molecule is COc1cc(/C=N\n2c(=O)cn[nH]c2=S)cc([N+](=O)[O-])c1OCc1ccc(C)cc1. The van der Waals surface area contributed by atoms with E-state index in [1.165, 1.54) is 25.5 Å². The minimum Gasteiger partial charge on any atom is -0.493 e. The lowest BCUT2D eigenvalue weighted by Crippen LogP contribution is -2.18. The maximum Gasteiger partial charge on any atom is 0.315 e. The molecule has 1 heterocycles. The zero-order chi connectivity index (χ0) is 21.7. The molecule has 1 N–H and O–H groups in total. The van der Waals surface area contributed by atoms with Gasteiger partial charge in [-0.05, 0) is 30.8 Å². The van der Waals surface area contributed by atoms with Crippen LogP contribution in [0.1, 0.15) is 16.7 Å². The number of nitrogens with zero attached hydrogens (tertiary/aromatic N) is 4. The van der Waals surface area contributed by atoms with Crippen LogP contribution in [0.5, 0.6) is 11.5 Å². The Kier molecular flexibility index (Phi) is 6.32. The molecule has 0 atom stereocenters. The van der Waals surface area contributed by atoms with Gasteiger partial charge in [-0.1, -0.05) is 29.8 Å². The van der Waals surface area contributed by atoms with Crippen molar-refractivity contribution in [3.05, 3.63) is 84.5 Å². The van der Waals surface area contributed by atoms with Gasteiger partial charge in [0.1, 0.15) is 12.8 Å². The van der Waals surface area contributed by atoms with E-state index in [1.54, 1.807) is 0 Å². The summed E-state index contributed by atoms with van der Waals surface area (Å²) in [4.78, 5) is 22.8. The average molecular weight is 427 g/mol. The Balaban J connectivity index is 1.95. The Morgan fingerprint density at radius 2 is 2.07 bits per heavy atom. The molecule has 1 aromatic heterocycles. The van der Waals surface area contributed by atoms with Gasteiger partial charge in [0.05, 0.1) is 18.2 Å². The van der Waals surface area contributed by atoms with Crippen molar-refractivity contribution in [3.8, 4) is 11.5 Å². The van der Waals surface area contributed by atoms with Crippen LogP contribution in [0.3, 0.4) is 0 Å². The molecule has 0 aliphatic rings. The smallest absolute Gasteiger partial charge is 0.315 e. The predicted molar refractivity (Wildman–Crippen MR) is 112 cm³/mol. The molecule has 0 fully saturated rings. The van der Waals surface area contributed by atoms with Crippen LogP contribution in [0.25, 0.3) is 0 Å². The number of ether oxygens (including phenoxy) is 2. The van der Waals surface area contributed by atoms with E-state index in [-0.39, 0.29) is 28.6 Å². The molecule has 2 aromatic carbocycles. The number of aromatic nitrogens is 3. The number of methoxy groups -OCH3 is 1. The molecule has 0 unspecified atom stereocenters. The van der Waals surface area contributed by atoms with E-state index in [2.05, 4.69) is 15.3 Å². The summed E-state index contributed by atoms with van der Waals surface area (Å²) in [5.41, 5.74) is 1.43. The molecule has 11 heteroatoms. The van der Waals surface area contributed by atoms with Crippen LogP contribution in [0.2, 0.25) is 0 Å². The van der Waals surface area contributed by atoms with E-state index in [1.807, 2.05) is 31.2 Å². The fourth-order valence-corrected chi connectivity index (χ4v) is 2.72. The number of nitro benzene ring substituents is 1. The summed E-state index contributed by atoms with van der Waals surface area (Å²) >= 11 is 4.96. The summed E-state index contributed by atoms with van der Waals surface area (Å²) in [6.45, 7) is 2.10. The van der Waals surface area contributed by atoms with Crippen LogP contribution >= 0.6 is 12.2 Å². The molecule has 0 radical (unpaired) electrons. The molecular formula is C19H17N5O5S. The van der Waals surface area contributed by atoms with Crippen LogP contribution in [-0.2, 0) is 6.61 Å². The Hall–Kier alpha value is -3.86. The number of nitro groups is 1. The fourth-order valence-electron chi connectivity index (χ4n) is 2.53.